The minimum Gasteiger partial charge on any atom is -0.357 e. The lowest BCUT2D eigenvalue weighted by Crippen LogP contribution is -2.38. The first-order valence-corrected chi connectivity index (χ1v) is 10.7. The first-order valence-electron chi connectivity index (χ1n) is 8.44. The second-order valence-corrected chi connectivity index (χ2v) is 8.37. The standard InChI is InChI=1S/C19H24ClN3O2S.HI/c1-3-21-19(23-14-16-5-4-6-17(20)13-16)22-12-11-15-7-9-18(10-8-15)26(2,24)25;/h4-10,13H,3,11-12,14H2,1-2H3,(H2,21,22,23);1H. The summed E-state index contributed by atoms with van der Waals surface area (Å²) in [5.41, 5.74) is 2.11. The molecule has 0 amide bonds. The van der Waals surface area contributed by atoms with Crippen molar-refractivity contribution in [2.45, 2.75) is 24.8 Å². The van der Waals surface area contributed by atoms with Crippen molar-refractivity contribution in [2.75, 3.05) is 19.3 Å². The van der Waals surface area contributed by atoms with Gasteiger partial charge in [-0.3, -0.25) is 0 Å². The van der Waals surface area contributed by atoms with Gasteiger partial charge >= 0.3 is 0 Å². The molecular weight excluding hydrogens is 497 g/mol. The number of aliphatic imine (C=N–C) groups is 1. The lowest BCUT2D eigenvalue weighted by atomic mass is 10.1. The molecule has 0 aliphatic rings. The molecule has 0 unspecified atom stereocenters. The number of nitrogens with zero attached hydrogens (tertiary/aromatic N) is 1. The molecule has 2 rings (SSSR count). The molecule has 0 saturated heterocycles. The van der Waals surface area contributed by atoms with Gasteiger partial charge in [-0.05, 0) is 48.7 Å². The van der Waals surface area contributed by atoms with Crippen LogP contribution in [0.4, 0.5) is 0 Å². The summed E-state index contributed by atoms with van der Waals surface area (Å²) in [6.07, 6.45) is 1.98. The Morgan fingerprint density at radius 2 is 1.78 bits per heavy atom. The van der Waals surface area contributed by atoms with Crippen molar-refractivity contribution in [1.82, 2.24) is 10.6 Å². The van der Waals surface area contributed by atoms with Crippen molar-refractivity contribution in [3.8, 4) is 0 Å². The molecule has 0 aliphatic heterocycles. The van der Waals surface area contributed by atoms with E-state index in [0.29, 0.717) is 23.0 Å². The van der Waals surface area contributed by atoms with Gasteiger partial charge in [0.15, 0.2) is 15.8 Å². The van der Waals surface area contributed by atoms with Crippen molar-refractivity contribution in [1.29, 1.82) is 0 Å². The number of halogens is 2. The van der Waals surface area contributed by atoms with Crippen molar-refractivity contribution < 1.29 is 8.42 Å². The fraction of sp³-hybridized carbons (Fsp3) is 0.316. The van der Waals surface area contributed by atoms with Crippen LogP contribution in [0.3, 0.4) is 0 Å². The Morgan fingerprint density at radius 3 is 2.37 bits per heavy atom. The van der Waals surface area contributed by atoms with Crippen LogP contribution in [0.5, 0.6) is 0 Å². The molecule has 2 aromatic rings. The second-order valence-electron chi connectivity index (χ2n) is 5.92. The summed E-state index contributed by atoms with van der Waals surface area (Å²) in [4.78, 5) is 4.90. The Bertz CT molecular complexity index is 856. The molecule has 0 atom stereocenters. The molecule has 5 nitrogen and oxygen atoms in total. The monoisotopic (exact) mass is 521 g/mol. The van der Waals surface area contributed by atoms with E-state index in [9.17, 15) is 8.42 Å². The first-order chi connectivity index (χ1) is 12.4. The predicted molar refractivity (Wildman–Crippen MR) is 123 cm³/mol. The largest absolute Gasteiger partial charge is 0.357 e. The van der Waals surface area contributed by atoms with Crippen LogP contribution in [-0.2, 0) is 22.8 Å². The molecule has 0 fully saturated rings. The zero-order valence-corrected chi connectivity index (χ0v) is 19.3. The van der Waals surface area contributed by atoms with E-state index in [1.807, 2.05) is 43.3 Å². The highest BCUT2D eigenvalue weighted by Crippen LogP contribution is 2.12. The summed E-state index contributed by atoms with van der Waals surface area (Å²) in [6, 6.07) is 14.6. The van der Waals surface area contributed by atoms with Crippen LogP contribution in [0.15, 0.2) is 58.4 Å². The van der Waals surface area contributed by atoms with Crippen molar-refractivity contribution in [3.63, 3.8) is 0 Å². The lowest BCUT2D eigenvalue weighted by molar-refractivity contribution is 0.602. The number of hydrogen-bond donors (Lipinski definition) is 2. The zero-order valence-electron chi connectivity index (χ0n) is 15.4. The summed E-state index contributed by atoms with van der Waals surface area (Å²) < 4.78 is 23.0. The molecule has 0 radical (unpaired) electrons. The van der Waals surface area contributed by atoms with Gasteiger partial charge in [-0.1, -0.05) is 35.9 Å². The van der Waals surface area contributed by atoms with Gasteiger partial charge in [0, 0.05) is 24.4 Å². The van der Waals surface area contributed by atoms with Crippen LogP contribution in [0.2, 0.25) is 5.02 Å². The number of nitrogens with one attached hydrogen (secondary N) is 2. The van der Waals surface area contributed by atoms with Crippen molar-refractivity contribution in [3.05, 3.63) is 64.7 Å². The molecule has 148 valence electrons. The number of hydrogen-bond acceptors (Lipinski definition) is 3. The fourth-order valence-corrected chi connectivity index (χ4v) is 3.22. The molecule has 27 heavy (non-hydrogen) atoms. The lowest BCUT2D eigenvalue weighted by Gasteiger charge is -2.11. The third-order valence-corrected chi connectivity index (χ3v) is 5.07. The highest BCUT2D eigenvalue weighted by Gasteiger charge is 2.06. The average molecular weight is 522 g/mol. The number of sulfone groups is 1. The smallest absolute Gasteiger partial charge is 0.191 e. The number of rotatable bonds is 7. The van der Waals surface area contributed by atoms with Crippen LogP contribution in [-0.4, -0.2) is 33.7 Å². The summed E-state index contributed by atoms with van der Waals surface area (Å²) in [7, 11) is -3.15. The summed E-state index contributed by atoms with van der Waals surface area (Å²) in [5.74, 6) is 0.736. The Morgan fingerprint density at radius 1 is 1.07 bits per heavy atom. The maximum atomic E-state index is 11.5. The maximum Gasteiger partial charge on any atom is 0.191 e. The van der Waals surface area contributed by atoms with Gasteiger partial charge in [0.2, 0.25) is 0 Å². The molecule has 2 aromatic carbocycles. The topological polar surface area (TPSA) is 70.6 Å². The van der Waals surface area contributed by atoms with Crippen molar-refractivity contribution >= 4 is 51.4 Å². The summed E-state index contributed by atoms with van der Waals surface area (Å²) in [6.45, 7) is 4.02. The maximum absolute atomic E-state index is 11.5. The van der Waals surface area contributed by atoms with E-state index in [2.05, 4.69) is 15.6 Å². The number of benzene rings is 2. The van der Waals surface area contributed by atoms with E-state index >= 15 is 0 Å². The SMILES string of the molecule is CCNC(=NCc1cccc(Cl)c1)NCCc1ccc(S(C)(=O)=O)cc1.I. The molecule has 0 aliphatic carbocycles. The van der Waals surface area contributed by atoms with Gasteiger partial charge in [-0.2, -0.15) is 0 Å². The molecule has 0 saturated carbocycles. The van der Waals surface area contributed by atoms with E-state index in [0.717, 1.165) is 30.1 Å². The minimum absolute atomic E-state index is 0. The van der Waals surface area contributed by atoms with Crippen LogP contribution in [0.25, 0.3) is 0 Å². The normalized spacial score (nSPS) is 11.6. The van der Waals surface area contributed by atoms with E-state index < -0.39 is 9.84 Å². The summed E-state index contributed by atoms with van der Waals surface area (Å²) >= 11 is 5.99. The predicted octanol–water partition coefficient (Wildman–Crippen LogP) is 3.66. The van der Waals surface area contributed by atoms with Crippen LogP contribution in [0, 0.1) is 0 Å². The molecule has 0 bridgehead atoms. The number of guanidine groups is 1. The van der Waals surface area contributed by atoms with E-state index in [1.165, 1.54) is 6.26 Å². The third kappa shape index (κ3) is 8.49. The average Bonchev–Trinajstić information content (AvgIpc) is 2.59. The minimum atomic E-state index is -3.15. The van der Waals surface area contributed by atoms with Gasteiger partial charge in [-0.15, -0.1) is 24.0 Å². The zero-order chi connectivity index (χ0) is 19.0. The highest BCUT2D eigenvalue weighted by molar-refractivity contribution is 14.0. The quantitative estimate of drug-likeness (QED) is 0.331. The molecule has 8 heteroatoms. The van der Waals surface area contributed by atoms with E-state index in [1.54, 1.807) is 12.1 Å². The Balaban J connectivity index is 0.00000364. The van der Waals surface area contributed by atoms with Crippen LogP contribution in [0.1, 0.15) is 18.1 Å². The summed E-state index contributed by atoms with van der Waals surface area (Å²) in [5, 5.41) is 7.20. The van der Waals surface area contributed by atoms with E-state index in [-0.39, 0.29) is 24.0 Å². The Kier molecular flexibility index (Phi) is 10.1. The van der Waals surface area contributed by atoms with Gasteiger partial charge < -0.3 is 10.6 Å². The Labute approximate surface area is 183 Å². The highest BCUT2D eigenvalue weighted by atomic mass is 127. The van der Waals surface area contributed by atoms with Crippen LogP contribution >= 0.6 is 35.6 Å². The van der Waals surface area contributed by atoms with E-state index in [4.69, 9.17) is 11.6 Å². The molecule has 0 aromatic heterocycles. The van der Waals surface area contributed by atoms with Gasteiger partial charge in [0.25, 0.3) is 0 Å². The molecule has 0 spiro atoms. The van der Waals surface area contributed by atoms with Crippen LogP contribution < -0.4 is 10.6 Å². The third-order valence-electron chi connectivity index (χ3n) is 3.71. The van der Waals surface area contributed by atoms with Crippen molar-refractivity contribution in [2.24, 2.45) is 4.99 Å². The fourth-order valence-electron chi connectivity index (χ4n) is 2.38. The van der Waals surface area contributed by atoms with Gasteiger partial charge in [0.1, 0.15) is 0 Å². The molecular formula is C19H25ClIN3O2S. The second kappa shape index (κ2) is 11.5. The molecule has 0 heterocycles. The van der Waals surface area contributed by atoms with Gasteiger partial charge in [-0.25, -0.2) is 13.4 Å². The van der Waals surface area contributed by atoms with Gasteiger partial charge in [0.05, 0.1) is 11.4 Å². The first kappa shape index (κ1) is 23.7. The molecule has 2 N–H and O–H groups in total. The Hall–Kier alpha value is -1.32.